The van der Waals surface area contributed by atoms with Gasteiger partial charge in [-0.1, -0.05) is 0 Å². The second-order valence-electron chi connectivity index (χ2n) is 2.76. The Bertz CT molecular complexity index is 325. The maximum atomic E-state index is 11.6. The molecular formula is C7H9F3N4O2. The molecule has 90 valence electrons. The molecule has 2 N–H and O–H groups in total. The van der Waals surface area contributed by atoms with Crippen LogP contribution in [-0.2, 0) is 4.74 Å². The van der Waals surface area contributed by atoms with Crippen LogP contribution in [0.4, 0.5) is 13.2 Å². The second-order valence-corrected chi connectivity index (χ2v) is 2.76. The van der Waals surface area contributed by atoms with Crippen molar-refractivity contribution < 1.29 is 22.7 Å². The third-order valence-corrected chi connectivity index (χ3v) is 1.43. The van der Waals surface area contributed by atoms with Gasteiger partial charge < -0.3 is 10.1 Å². The van der Waals surface area contributed by atoms with Crippen LogP contribution in [0, 0.1) is 0 Å². The molecule has 0 aliphatic heterocycles. The van der Waals surface area contributed by atoms with E-state index in [0.717, 1.165) is 6.33 Å². The summed E-state index contributed by atoms with van der Waals surface area (Å²) in [4.78, 5) is 14.7. The van der Waals surface area contributed by atoms with Gasteiger partial charge in [0.15, 0.2) is 0 Å². The van der Waals surface area contributed by atoms with Crippen molar-refractivity contribution in [2.45, 2.75) is 6.18 Å². The van der Waals surface area contributed by atoms with Crippen molar-refractivity contribution in [3.05, 3.63) is 12.2 Å². The molecule has 1 rings (SSSR count). The lowest BCUT2D eigenvalue weighted by atomic mass is 10.5. The van der Waals surface area contributed by atoms with E-state index in [0.29, 0.717) is 0 Å². The number of ether oxygens (including phenoxy) is 1. The van der Waals surface area contributed by atoms with Crippen molar-refractivity contribution >= 4 is 5.91 Å². The van der Waals surface area contributed by atoms with Crippen LogP contribution in [0.3, 0.4) is 0 Å². The number of rotatable bonds is 5. The Balaban J connectivity index is 2.10. The molecule has 6 nitrogen and oxygen atoms in total. The number of carbonyl (C=O) groups is 1. The summed E-state index contributed by atoms with van der Waals surface area (Å²) in [6, 6.07) is 0. The van der Waals surface area contributed by atoms with E-state index in [1.807, 2.05) is 0 Å². The number of aromatic nitrogens is 3. The zero-order valence-electron chi connectivity index (χ0n) is 8.04. The Kier molecular flexibility index (Phi) is 4.23. The Hall–Kier alpha value is -1.64. The summed E-state index contributed by atoms with van der Waals surface area (Å²) in [6.45, 7) is -1.58. The van der Waals surface area contributed by atoms with Gasteiger partial charge in [0.2, 0.25) is 5.82 Å². The molecule has 0 aromatic carbocycles. The van der Waals surface area contributed by atoms with Crippen molar-refractivity contribution in [3.8, 4) is 0 Å². The first-order chi connectivity index (χ1) is 7.49. The minimum Gasteiger partial charge on any atom is -0.370 e. The number of carbonyl (C=O) groups excluding carboxylic acids is 1. The number of hydrogen-bond acceptors (Lipinski definition) is 4. The molecule has 0 unspecified atom stereocenters. The number of aromatic amines is 1. The van der Waals surface area contributed by atoms with Crippen LogP contribution in [0.2, 0.25) is 0 Å². The zero-order valence-corrected chi connectivity index (χ0v) is 8.04. The lowest BCUT2D eigenvalue weighted by Crippen LogP contribution is -2.29. The second kappa shape index (κ2) is 5.45. The van der Waals surface area contributed by atoms with Crippen LogP contribution in [0.5, 0.6) is 0 Å². The Morgan fingerprint density at radius 2 is 2.31 bits per heavy atom. The van der Waals surface area contributed by atoms with E-state index in [1.165, 1.54) is 0 Å². The molecule has 0 aliphatic carbocycles. The highest BCUT2D eigenvalue weighted by atomic mass is 19.4. The number of halogens is 3. The summed E-state index contributed by atoms with van der Waals surface area (Å²) in [5, 5.41) is 8.06. The molecule has 1 aromatic heterocycles. The topological polar surface area (TPSA) is 79.9 Å². The first-order valence-corrected chi connectivity index (χ1v) is 4.27. The SMILES string of the molecule is O=C(NCCOCC(F)(F)F)c1ncn[nH]1. The van der Waals surface area contributed by atoms with E-state index in [4.69, 9.17) is 0 Å². The van der Waals surface area contributed by atoms with E-state index in [-0.39, 0.29) is 19.0 Å². The van der Waals surface area contributed by atoms with Crippen LogP contribution < -0.4 is 5.32 Å². The van der Waals surface area contributed by atoms with Crippen LogP contribution in [-0.4, -0.2) is 47.0 Å². The number of H-pyrrole nitrogens is 1. The molecule has 1 amide bonds. The summed E-state index contributed by atoms with van der Waals surface area (Å²) < 4.78 is 39.2. The van der Waals surface area contributed by atoms with E-state index in [2.05, 4.69) is 25.2 Å². The normalized spacial score (nSPS) is 11.4. The van der Waals surface area contributed by atoms with Gasteiger partial charge in [-0.15, -0.1) is 0 Å². The molecule has 0 saturated carbocycles. The molecule has 1 aromatic rings. The van der Waals surface area contributed by atoms with Crippen molar-refractivity contribution in [3.63, 3.8) is 0 Å². The summed E-state index contributed by atoms with van der Waals surface area (Å²) in [5.41, 5.74) is 0. The average Bonchev–Trinajstić information content (AvgIpc) is 2.67. The summed E-state index contributed by atoms with van der Waals surface area (Å²) in [6.07, 6.45) is -3.20. The van der Waals surface area contributed by atoms with E-state index >= 15 is 0 Å². The standard InChI is InChI=1S/C7H9F3N4O2/c8-7(9,10)3-16-2-1-11-6(15)5-12-4-13-14-5/h4H,1-3H2,(H,11,15)(H,12,13,14). The zero-order chi connectivity index (χ0) is 12.0. The fourth-order valence-corrected chi connectivity index (χ4v) is 0.823. The van der Waals surface area contributed by atoms with Gasteiger partial charge in [0, 0.05) is 6.54 Å². The largest absolute Gasteiger partial charge is 0.411 e. The highest BCUT2D eigenvalue weighted by molar-refractivity contribution is 5.90. The number of alkyl halides is 3. The van der Waals surface area contributed by atoms with Gasteiger partial charge in [-0.2, -0.15) is 18.3 Å². The van der Waals surface area contributed by atoms with E-state index < -0.39 is 18.7 Å². The quantitative estimate of drug-likeness (QED) is 0.714. The van der Waals surface area contributed by atoms with Crippen LogP contribution in [0.1, 0.15) is 10.6 Å². The number of nitrogens with zero attached hydrogens (tertiary/aromatic N) is 2. The Morgan fingerprint density at radius 3 is 2.88 bits per heavy atom. The molecule has 0 spiro atoms. The predicted molar refractivity (Wildman–Crippen MR) is 45.6 cm³/mol. The highest BCUT2D eigenvalue weighted by Crippen LogP contribution is 2.13. The van der Waals surface area contributed by atoms with E-state index in [1.54, 1.807) is 0 Å². The highest BCUT2D eigenvalue weighted by Gasteiger charge is 2.27. The fourth-order valence-electron chi connectivity index (χ4n) is 0.823. The number of hydrogen-bond donors (Lipinski definition) is 2. The molecule has 0 atom stereocenters. The fraction of sp³-hybridized carbons (Fsp3) is 0.571. The lowest BCUT2D eigenvalue weighted by molar-refractivity contribution is -0.173. The minimum absolute atomic E-state index is 0.00387. The van der Waals surface area contributed by atoms with Gasteiger partial charge in [0.25, 0.3) is 5.91 Å². The monoisotopic (exact) mass is 238 g/mol. The van der Waals surface area contributed by atoms with Crippen LogP contribution in [0.15, 0.2) is 6.33 Å². The van der Waals surface area contributed by atoms with Gasteiger partial charge in [-0.05, 0) is 0 Å². The Labute approximate surface area is 88.2 Å². The lowest BCUT2D eigenvalue weighted by Gasteiger charge is -2.07. The molecule has 9 heteroatoms. The smallest absolute Gasteiger partial charge is 0.370 e. The van der Waals surface area contributed by atoms with E-state index in [9.17, 15) is 18.0 Å². The third kappa shape index (κ3) is 4.73. The first-order valence-electron chi connectivity index (χ1n) is 4.27. The molecule has 0 bridgehead atoms. The van der Waals surface area contributed by atoms with Crippen molar-refractivity contribution in [2.24, 2.45) is 0 Å². The van der Waals surface area contributed by atoms with Gasteiger partial charge >= 0.3 is 6.18 Å². The maximum absolute atomic E-state index is 11.6. The van der Waals surface area contributed by atoms with Gasteiger partial charge in [0.05, 0.1) is 6.61 Å². The third-order valence-electron chi connectivity index (χ3n) is 1.43. The van der Waals surface area contributed by atoms with Gasteiger partial charge in [-0.3, -0.25) is 9.89 Å². The Morgan fingerprint density at radius 1 is 1.56 bits per heavy atom. The molecule has 0 fully saturated rings. The minimum atomic E-state index is -4.35. The molecule has 16 heavy (non-hydrogen) atoms. The molecular weight excluding hydrogens is 229 g/mol. The van der Waals surface area contributed by atoms with Crippen LogP contribution in [0.25, 0.3) is 0 Å². The maximum Gasteiger partial charge on any atom is 0.411 e. The summed E-state index contributed by atoms with van der Waals surface area (Å²) >= 11 is 0. The molecule has 0 aliphatic rings. The summed E-state index contributed by atoms with van der Waals surface area (Å²) in [5.74, 6) is -0.552. The van der Waals surface area contributed by atoms with Gasteiger partial charge in [-0.25, -0.2) is 4.98 Å². The summed E-state index contributed by atoms with van der Waals surface area (Å²) in [7, 11) is 0. The van der Waals surface area contributed by atoms with Crippen molar-refractivity contribution in [2.75, 3.05) is 19.8 Å². The molecule has 0 radical (unpaired) electrons. The van der Waals surface area contributed by atoms with Crippen LogP contribution >= 0.6 is 0 Å². The predicted octanol–water partition coefficient (Wildman–Crippen LogP) is 0.113. The first kappa shape index (κ1) is 12.4. The average molecular weight is 238 g/mol. The van der Waals surface area contributed by atoms with Gasteiger partial charge in [0.1, 0.15) is 12.9 Å². The molecule has 0 saturated heterocycles. The number of amides is 1. The van der Waals surface area contributed by atoms with Crippen molar-refractivity contribution in [1.29, 1.82) is 0 Å². The molecule has 1 heterocycles. The number of nitrogens with one attached hydrogen (secondary N) is 2. The van der Waals surface area contributed by atoms with Crippen molar-refractivity contribution in [1.82, 2.24) is 20.5 Å².